The summed E-state index contributed by atoms with van der Waals surface area (Å²) in [6, 6.07) is 5.11. The van der Waals surface area contributed by atoms with Gasteiger partial charge in [-0.15, -0.1) is 11.3 Å². The number of thiazole rings is 1. The van der Waals surface area contributed by atoms with Gasteiger partial charge in [-0.2, -0.15) is 0 Å². The Hall–Kier alpha value is -1.88. The molecule has 0 saturated carbocycles. The quantitative estimate of drug-likeness (QED) is 0.694. The van der Waals surface area contributed by atoms with Gasteiger partial charge in [0.1, 0.15) is 10.8 Å². The van der Waals surface area contributed by atoms with Gasteiger partial charge in [0.25, 0.3) is 0 Å². The molecule has 0 unspecified atom stereocenters. The summed E-state index contributed by atoms with van der Waals surface area (Å²) < 4.78 is 5.14. The van der Waals surface area contributed by atoms with Crippen molar-refractivity contribution in [3.8, 4) is 5.75 Å². The van der Waals surface area contributed by atoms with Crippen molar-refractivity contribution in [1.29, 1.82) is 0 Å². The predicted molar refractivity (Wildman–Crippen MR) is 86.3 cm³/mol. The number of nitrogens with zero attached hydrogens (tertiary/aromatic N) is 1. The average Bonchev–Trinajstić information content (AvgIpc) is 2.87. The van der Waals surface area contributed by atoms with Crippen molar-refractivity contribution in [2.75, 3.05) is 12.8 Å². The molecule has 1 aromatic carbocycles. The van der Waals surface area contributed by atoms with Crippen LogP contribution in [0.15, 0.2) is 23.6 Å². The number of carbonyl (C=O) groups is 1. The van der Waals surface area contributed by atoms with E-state index in [1.54, 1.807) is 25.3 Å². The van der Waals surface area contributed by atoms with Gasteiger partial charge in [-0.1, -0.05) is 20.8 Å². The maximum atomic E-state index is 12.4. The molecular formula is C16H20N2O2S. The third-order valence-electron chi connectivity index (χ3n) is 3.19. The molecule has 0 radical (unpaired) electrons. The lowest BCUT2D eigenvalue weighted by Gasteiger charge is -2.14. The largest absolute Gasteiger partial charge is 0.497 e. The molecule has 0 bridgehead atoms. The fourth-order valence-electron chi connectivity index (χ4n) is 1.87. The minimum Gasteiger partial charge on any atom is -0.497 e. The van der Waals surface area contributed by atoms with Gasteiger partial charge < -0.3 is 10.5 Å². The number of ketones is 1. The number of carbonyl (C=O) groups excluding carboxylic acids is 1. The Morgan fingerprint density at radius 3 is 2.67 bits per heavy atom. The van der Waals surface area contributed by atoms with E-state index in [0.717, 1.165) is 10.7 Å². The lowest BCUT2D eigenvalue weighted by Crippen LogP contribution is -2.12. The zero-order valence-electron chi connectivity index (χ0n) is 12.8. The Kier molecular flexibility index (Phi) is 4.32. The van der Waals surface area contributed by atoms with E-state index in [0.29, 0.717) is 17.0 Å². The van der Waals surface area contributed by atoms with Gasteiger partial charge in [-0.3, -0.25) is 4.79 Å². The summed E-state index contributed by atoms with van der Waals surface area (Å²) in [5.41, 5.74) is 7.83. The molecular weight excluding hydrogens is 284 g/mol. The molecule has 0 saturated heterocycles. The Morgan fingerprint density at radius 1 is 1.38 bits per heavy atom. The second-order valence-electron chi connectivity index (χ2n) is 5.93. The molecule has 0 atom stereocenters. The van der Waals surface area contributed by atoms with Crippen LogP contribution in [0.4, 0.5) is 5.69 Å². The molecule has 0 fully saturated rings. The number of ether oxygens (including phenoxy) is 1. The molecule has 1 heterocycles. The Balaban J connectivity index is 2.20. The Morgan fingerprint density at radius 2 is 2.10 bits per heavy atom. The van der Waals surface area contributed by atoms with Crippen LogP contribution in [0.2, 0.25) is 0 Å². The number of nitrogen functional groups attached to an aromatic ring is 1. The second kappa shape index (κ2) is 5.85. The van der Waals surface area contributed by atoms with Crippen molar-refractivity contribution >= 4 is 22.8 Å². The van der Waals surface area contributed by atoms with Crippen LogP contribution in [0.25, 0.3) is 0 Å². The van der Waals surface area contributed by atoms with E-state index < -0.39 is 0 Å². The van der Waals surface area contributed by atoms with Gasteiger partial charge in [-0.05, 0) is 18.2 Å². The molecule has 2 rings (SSSR count). The standard InChI is InChI=1S/C16H20N2O2S/c1-16(2,3)14-9-21-15(18-14)8-13(19)11-7-10(20-4)5-6-12(11)17/h5-7,9H,8,17H2,1-4H3. The monoisotopic (exact) mass is 304 g/mol. The highest BCUT2D eigenvalue weighted by Crippen LogP contribution is 2.26. The first-order valence-corrected chi connectivity index (χ1v) is 7.61. The molecule has 112 valence electrons. The average molecular weight is 304 g/mol. The predicted octanol–water partition coefficient (Wildman–Crippen LogP) is 3.46. The van der Waals surface area contributed by atoms with Crippen LogP contribution in [0, 0.1) is 0 Å². The topological polar surface area (TPSA) is 65.2 Å². The first-order chi connectivity index (χ1) is 9.81. The van der Waals surface area contributed by atoms with Crippen LogP contribution in [0.3, 0.4) is 0 Å². The molecule has 0 aliphatic carbocycles. The second-order valence-corrected chi connectivity index (χ2v) is 6.87. The number of hydrogen-bond acceptors (Lipinski definition) is 5. The highest BCUT2D eigenvalue weighted by molar-refractivity contribution is 7.09. The third kappa shape index (κ3) is 3.61. The highest BCUT2D eigenvalue weighted by Gasteiger charge is 2.19. The molecule has 21 heavy (non-hydrogen) atoms. The van der Waals surface area contributed by atoms with E-state index in [1.165, 1.54) is 11.3 Å². The smallest absolute Gasteiger partial charge is 0.171 e. The molecule has 2 aromatic rings. The minimum absolute atomic E-state index is 0.00715. The summed E-state index contributed by atoms with van der Waals surface area (Å²) in [7, 11) is 1.57. The van der Waals surface area contributed by atoms with Crippen molar-refractivity contribution < 1.29 is 9.53 Å². The van der Waals surface area contributed by atoms with E-state index in [9.17, 15) is 4.79 Å². The van der Waals surface area contributed by atoms with Crippen molar-refractivity contribution in [3.63, 3.8) is 0 Å². The van der Waals surface area contributed by atoms with Crippen LogP contribution in [-0.2, 0) is 11.8 Å². The van der Waals surface area contributed by atoms with Gasteiger partial charge in [0, 0.05) is 22.0 Å². The van der Waals surface area contributed by atoms with Crippen LogP contribution in [-0.4, -0.2) is 17.9 Å². The first-order valence-electron chi connectivity index (χ1n) is 6.73. The van der Waals surface area contributed by atoms with Crippen LogP contribution in [0.1, 0.15) is 41.8 Å². The molecule has 5 heteroatoms. The van der Waals surface area contributed by atoms with Crippen LogP contribution in [0.5, 0.6) is 5.75 Å². The van der Waals surface area contributed by atoms with E-state index >= 15 is 0 Å². The van der Waals surface area contributed by atoms with Gasteiger partial charge in [-0.25, -0.2) is 4.98 Å². The lowest BCUT2D eigenvalue weighted by molar-refractivity contribution is 0.0993. The number of rotatable bonds is 4. The summed E-state index contributed by atoms with van der Waals surface area (Å²) in [6.45, 7) is 6.31. The normalized spacial score (nSPS) is 11.4. The van der Waals surface area contributed by atoms with E-state index in [1.807, 2.05) is 5.38 Å². The van der Waals surface area contributed by atoms with Crippen LogP contribution >= 0.6 is 11.3 Å². The van der Waals surface area contributed by atoms with Crippen molar-refractivity contribution in [3.05, 3.63) is 39.8 Å². The van der Waals surface area contributed by atoms with Crippen molar-refractivity contribution in [2.45, 2.75) is 32.6 Å². The Labute approximate surface area is 129 Å². The molecule has 1 aromatic heterocycles. The SMILES string of the molecule is COc1ccc(N)c(C(=O)Cc2nc(C(C)(C)C)cs2)c1. The third-order valence-corrected chi connectivity index (χ3v) is 4.04. The molecule has 2 N–H and O–H groups in total. The number of benzene rings is 1. The van der Waals surface area contributed by atoms with Crippen LogP contribution < -0.4 is 10.5 Å². The highest BCUT2D eigenvalue weighted by atomic mass is 32.1. The summed E-state index contributed by atoms with van der Waals surface area (Å²) in [5, 5.41) is 2.82. The fourth-order valence-corrected chi connectivity index (χ4v) is 2.89. The van der Waals surface area contributed by atoms with Crippen molar-refractivity contribution in [1.82, 2.24) is 4.98 Å². The first kappa shape index (κ1) is 15.5. The van der Waals surface area contributed by atoms with E-state index in [2.05, 4.69) is 25.8 Å². The number of nitrogens with two attached hydrogens (primary N) is 1. The number of aromatic nitrogens is 1. The minimum atomic E-state index is -0.0405. The van der Waals surface area contributed by atoms with Gasteiger partial charge in [0.15, 0.2) is 5.78 Å². The van der Waals surface area contributed by atoms with E-state index in [-0.39, 0.29) is 17.6 Å². The molecule has 4 nitrogen and oxygen atoms in total. The number of methoxy groups -OCH3 is 1. The summed E-state index contributed by atoms with van der Waals surface area (Å²) >= 11 is 1.51. The molecule has 0 amide bonds. The number of hydrogen-bond donors (Lipinski definition) is 1. The van der Waals surface area contributed by atoms with Gasteiger partial charge >= 0.3 is 0 Å². The maximum Gasteiger partial charge on any atom is 0.171 e. The zero-order valence-corrected chi connectivity index (χ0v) is 13.6. The fraction of sp³-hybridized carbons (Fsp3) is 0.375. The maximum absolute atomic E-state index is 12.4. The summed E-state index contributed by atoms with van der Waals surface area (Å²) in [4.78, 5) is 16.9. The van der Waals surface area contributed by atoms with E-state index in [4.69, 9.17) is 10.5 Å². The Bertz CT molecular complexity index is 657. The number of Topliss-reactive ketones (excluding diaryl/α,β-unsaturated/α-hetero) is 1. The zero-order chi connectivity index (χ0) is 15.6. The van der Waals surface area contributed by atoms with Gasteiger partial charge in [0.05, 0.1) is 19.2 Å². The number of anilines is 1. The van der Waals surface area contributed by atoms with Crippen molar-refractivity contribution in [2.24, 2.45) is 0 Å². The molecule has 0 spiro atoms. The molecule has 0 aliphatic rings. The summed E-state index contributed by atoms with van der Waals surface area (Å²) in [5.74, 6) is 0.586. The summed E-state index contributed by atoms with van der Waals surface area (Å²) in [6.07, 6.45) is 0.262. The van der Waals surface area contributed by atoms with Gasteiger partial charge in [0.2, 0.25) is 0 Å². The lowest BCUT2D eigenvalue weighted by atomic mass is 9.93. The molecule has 0 aliphatic heterocycles.